The van der Waals surface area contributed by atoms with Gasteiger partial charge in [0, 0.05) is 0 Å². The van der Waals surface area contributed by atoms with Crippen molar-refractivity contribution in [2.75, 3.05) is 6.61 Å². The first kappa shape index (κ1) is 22.5. The molecule has 0 spiro atoms. The van der Waals surface area contributed by atoms with E-state index in [4.69, 9.17) is 14.7 Å². The number of nitrogens with zero attached hydrogens (tertiary/aromatic N) is 1. The first-order valence-corrected chi connectivity index (χ1v) is 10.5. The van der Waals surface area contributed by atoms with Crippen LogP contribution in [-0.2, 0) is 0 Å². The fraction of sp³-hybridized carbons (Fsp3) is 0.417. The van der Waals surface area contributed by atoms with Crippen LogP contribution < -0.4 is 9.47 Å². The van der Waals surface area contributed by atoms with E-state index >= 15 is 0 Å². The molecule has 5 nitrogen and oxygen atoms in total. The van der Waals surface area contributed by atoms with Gasteiger partial charge in [0.25, 0.3) is 0 Å². The summed E-state index contributed by atoms with van der Waals surface area (Å²) < 4.78 is 11.1. The highest BCUT2D eigenvalue weighted by molar-refractivity contribution is 5.91. The number of hydrogen-bond donors (Lipinski definition) is 1. The summed E-state index contributed by atoms with van der Waals surface area (Å²) in [7, 11) is 0. The van der Waals surface area contributed by atoms with Gasteiger partial charge in [-0.3, -0.25) is 0 Å². The lowest BCUT2D eigenvalue weighted by Crippen LogP contribution is -2.08. The van der Waals surface area contributed by atoms with E-state index < -0.39 is 5.97 Å². The average molecular weight is 398 g/mol. The molecule has 0 unspecified atom stereocenters. The maximum atomic E-state index is 12.2. The predicted octanol–water partition coefficient (Wildman–Crippen LogP) is 6.23. The molecule has 0 fully saturated rings. The number of unbranched alkanes of at least 4 members (excludes halogenated alkanes) is 7. The van der Waals surface area contributed by atoms with Crippen LogP contribution in [0.15, 0.2) is 53.7 Å². The van der Waals surface area contributed by atoms with Gasteiger partial charge in [-0.1, -0.05) is 57.0 Å². The summed E-state index contributed by atoms with van der Waals surface area (Å²) in [5.41, 5.74) is 1.18. The van der Waals surface area contributed by atoms with Crippen LogP contribution in [0.3, 0.4) is 0 Å². The standard InChI is InChI=1S/C24H31NO4/c1-2-3-4-5-6-7-8-9-18-28-22-16-12-21(13-17-22)24(26)29-23-14-10-20(11-15-23)19-25-27/h10-17,19,27H,2-9,18H2,1H3/b25-19+. The fourth-order valence-corrected chi connectivity index (χ4v) is 2.97. The summed E-state index contributed by atoms with van der Waals surface area (Å²) in [6.07, 6.45) is 11.5. The van der Waals surface area contributed by atoms with E-state index in [1.165, 1.54) is 51.2 Å². The number of carbonyl (C=O) groups is 1. The van der Waals surface area contributed by atoms with Crippen molar-refractivity contribution in [2.24, 2.45) is 5.16 Å². The molecule has 0 atom stereocenters. The zero-order chi connectivity index (χ0) is 20.7. The van der Waals surface area contributed by atoms with Crippen LogP contribution in [0.2, 0.25) is 0 Å². The Morgan fingerprint density at radius 3 is 2.07 bits per heavy atom. The topological polar surface area (TPSA) is 68.1 Å². The van der Waals surface area contributed by atoms with Gasteiger partial charge in [0.1, 0.15) is 11.5 Å². The molecule has 0 heterocycles. The third-order valence-electron chi connectivity index (χ3n) is 4.65. The summed E-state index contributed by atoms with van der Waals surface area (Å²) in [5, 5.41) is 11.5. The van der Waals surface area contributed by atoms with Crippen molar-refractivity contribution in [3.05, 3.63) is 59.7 Å². The van der Waals surface area contributed by atoms with Crippen molar-refractivity contribution in [3.63, 3.8) is 0 Å². The van der Waals surface area contributed by atoms with Crippen LogP contribution in [-0.4, -0.2) is 24.0 Å². The largest absolute Gasteiger partial charge is 0.494 e. The third kappa shape index (κ3) is 8.81. The molecule has 0 aliphatic carbocycles. The molecule has 0 saturated heterocycles. The van der Waals surface area contributed by atoms with Gasteiger partial charge >= 0.3 is 5.97 Å². The van der Waals surface area contributed by atoms with Gasteiger partial charge in [0.2, 0.25) is 0 Å². The molecule has 1 N–H and O–H groups in total. The van der Waals surface area contributed by atoms with E-state index in [2.05, 4.69) is 12.1 Å². The Hall–Kier alpha value is -2.82. The van der Waals surface area contributed by atoms with Crippen LogP contribution in [0.4, 0.5) is 0 Å². The molecule has 2 aromatic carbocycles. The molecule has 0 aliphatic heterocycles. The highest BCUT2D eigenvalue weighted by Crippen LogP contribution is 2.17. The van der Waals surface area contributed by atoms with Gasteiger partial charge in [0.05, 0.1) is 18.4 Å². The first-order valence-electron chi connectivity index (χ1n) is 10.5. The van der Waals surface area contributed by atoms with E-state index in [9.17, 15) is 4.79 Å². The number of benzene rings is 2. The van der Waals surface area contributed by atoms with Crippen LogP contribution in [0.5, 0.6) is 11.5 Å². The maximum Gasteiger partial charge on any atom is 0.343 e. The lowest BCUT2D eigenvalue weighted by Gasteiger charge is -2.08. The van der Waals surface area contributed by atoms with Gasteiger partial charge in [0.15, 0.2) is 0 Å². The Morgan fingerprint density at radius 2 is 1.45 bits per heavy atom. The molecule has 2 rings (SSSR count). The minimum atomic E-state index is -0.428. The zero-order valence-electron chi connectivity index (χ0n) is 17.2. The van der Waals surface area contributed by atoms with Crippen LogP contribution >= 0.6 is 0 Å². The zero-order valence-corrected chi connectivity index (χ0v) is 17.2. The van der Waals surface area contributed by atoms with E-state index in [0.29, 0.717) is 23.5 Å². The van der Waals surface area contributed by atoms with Crippen LogP contribution in [0, 0.1) is 0 Å². The second-order valence-electron chi connectivity index (χ2n) is 7.05. The summed E-state index contributed by atoms with van der Waals surface area (Å²) >= 11 is 0. The van der Waals surface area contributed by atoms with Gasteiger partial charge in [-0.05, 0) is 60.5 Å². The third-order valence-corrected chi connectivity index (χ3v) is 4.65. The normalized spacial score (nSPS) is 10.9. The molecule has 0 radical (unpaired) electrons. The SMILES string of the molecule is CCCCCCCCCCOc1ccc(C(=O)Oc2ccc(/C=N/O)cc2)cc1. The summed E-state index contributed by atoms with van der Waals surface area (Å²) in [4.78, 5) is 12.2. The summed E-state index contributed by atoms with van der Waals surface area (Å²) in [5.74, 6) is 0.764. The lowest BCUT2D eigenvalue weighted by molar-refractivity contribution is 0.0734. The van der Waals surface area contributed by atoms with Crippen LogP contribution in [0.25, 0.3) is 0 Å². The first-order chi connectivity index (χ1) is 14.2. The van der Waals surface area contributed by atoms with Crippen molar-refractivity contribution in [1.29, 1.82) is 0 Å². The molecule has 0 aliphatic rings. The highest BCUT2D eigenvalue weighted by atomic mass is 16.5. The lowest BCUT2D eigenvalue weighted by atomic mass is 10.1. The number of ether oxygens (including phenoxy) is 2. The van der Waals surface area contributed by atoms with Gasteiger partial charge < -0.3 is 14.7 Å². The van der Waals surface area contributed by atoms with E-state index in [1.54, 1.807) is 48.5 Å². The minimum Gasteiger partial charge on any atom is -0.494 e. The van der Waals surface area contributed by atoms with Gasteiger partial charge in [-0.2, -0.15) is 0 Å². The monoisotopic (exact) mass is 397 g/mol. The van der Waals surface area contributed by atoms with Gasteiger partial charge in [-0.25, -0.2) is 4.79 Å². The summed E-state index contributed by atoms with van der Waals surface area (Å²) in [6.45, 7) is 2.93. The average Bonchev–Trinajstić information content (AvgIpc) is 2.74. The molecule has 156 valence electrons. The molecule has 2 aromatic rings. The number of esters is 1. The Bertz CT molecular complexity index is 738. The second kappa shape index (κ2) is 13.4. The molecule has 5 heteroatoms. The quantitative estimate of drug-likeness (QED) is 0.109. The summed E-state index contributed by atoms with van der Waals surface area (Å²) in [6, 6.07) is 13.7. The van der Waals surface area contributed by atoms with Crippen molar-refractivity contribution >= 4 is 12.2 Å². The molecular weight excluding hydrogens is 366 g/mol. The Kier molecular flexibility index (Phi) is 10.4. The Morgan fingerprint density at radius 1 is 0.862 bits per heavy atom. The number of oxime groups is 1. The smallest absolute Gasteiger partial charge is 0.343 e. The van der Waals surface area contributed by atoms with Crippen molar-refractivity contribution < 1.29 is 19.5 Å². The fourth-order valence-electron chi connectivity index (χ4n) is 2.97. The number of hydrogen-bond acceptors (Lipinski definition) is 5. The highest BCUT2D eigenvalue weighted by Gasteiger charge is 2.09. The number of carbonyl (C=O) groups excluding carboxylic acids is 1. The second-order valence-corrected chi connectivity index (χ2v) is 7.05. The molecule has 0 bridgehead atoms. The molecule has 0 amide bonds. The predicted molar refractivity (Wildman–Crippen MR) is 115 cm³/mol. The van der Waals surface area contributed by atoms with Crippen molar-refractivity contribution in [3.8, 4) is 11.5 Å². The Labute approximate surface area is 173 Å². The molecule has 29 heavy (non-hydrogen) atoms. The molecule has 0 aromatic heterocycles. The number of rotatable bonds is 13. The van der Waals surface area contributed by atoms with E-state index in [-0.39, 0.29) is 0 Å². The van der Waals surface area contributed by atoms with Gasteiger partial charge in [-0.15, -0.1) is 0 Å². The molecule has 0 saturated carbocycles. The van der Waals surface area contributed by atoms with E-state index in [0.717, 1.165) is 12.2 Å². The van der Waals surface area contributed by atoms with Crippen molar-refractivity contribution in [2.45, 2.75) is 58.3 Å². The van der Waals surface area contributed by atoms with Crippen LogP contribution in [0.1, 0.15) is 74.2 Å². The van der Waals surface area contributed by atoms with Crippen molar-refractivity contribution in [1.82, 2.24) is 0 Å². The maximum absolute atomic E-state index is 12.2. The van der Waals surface area contributed by atoms with E-state index in [1.807, 2.05) is 0 Å². The Balaban J connectivity index is 1.67. The molecular formula is C24H31NO4. The minimum absolute atomic E-state index is 0.428.